The lowest BCUT2D eigenvalue weighted by molar-refractivity contribution is -0.134. The van der Waals surface area contributed by atoms with Crippen LogP contribution in [0.3, 0.4) is 0 Å². The van der Waals surface area contributed by atoms with Crippen LogP contribution in [0.2, 0.25) is 0 Å². The first-order valence-corrected chi connectivity index (χ1v) is 5.72. The maximum atomic E-state index is 11.1. The molecule has 6 heteroatoms. The molecule has 0 saturated heterocycles. The van der Waals surface area contributed by atoms with Gasteiger partial charge in [0.1, 0.15) is 0 Å². The predicted octanol–water partition coefficient (Wildman–Crippen LogP) is 1.94. The Morgan fingerprint density at radius 1 is 1.10 bits per heavy atom. The number of hydrogen-bond donors (Lipinski definition) is 1. The summed E-state index contributed by atoms with van der Waals surface area (Å²) < 4.78 is 9.98. The summed E-state index contributed by atoms with van der Waals surface area (Å²) in [5, 5.41) is 8.59. The van der Waals surface area contributed by atoms with Crippen molar-refractivity contribution in [1.29, 1.82) is 0 Å². The second-order valence-electron chi connectivity index (χ2n) is 4.02. The summed E-state index contributed by atoms with van der Waals surface area (Å²) in [6.07, 6.45) is 2.30. The van der Waals surface area contributed by atoms with Gasteiger partial charge in [-0.3, -0.25) is 9.59 Å². The normalized spacial score (nSPS) is 10.3. The zero-order valence-electron chi connectivity index (χ0n) is 11.3. The average molecular weight is 278 g/mol. The molecule has 0 heterocycles. The molecule has 106 valence electrons. The summed E-state index contributed by atoms with van der Waals surface area (Å²) in [7, 11) is 0. The van der Waals surface area contributed by atoms with E-state index in [1.165, 1.54) is 26.0 Å². The summed E-state index contributed by atoms with van der Waals surface area (Å²) in [5.41, 5.74) is 1.06. The molecule has 1 aromatic carbocycles. The zero-order valence-corrected chi connectivity index (χ0v) is 11.3. The number of aliphatic carboxylic acids is 1. The third kappa shape index (κ3) is 4.56. The molecular weight excluding hydrogens is 264 g/mol. The number of carbonyl (C=O) groups is 3. The van der Waals surface area contributed by atoms with Crippen molar-refractivity contribution in [2.24, 2.45) is 0 Å². The van der Waals surface area contributed by atoms with Gasteiger partial charge in [-0.25, -0.2) is 4.79 Å². The molecule has 0 aromatic heterocycles. The molecule has 20 heavy (non-hydrogen) atoms. The monoisotopic (exact) mass is 278 g/mol. The van der Waals surface area contributed by atoms with Crippen molar-refractivity contribution in [2.75, 3.05) is 0 Å². The topological polar surface area (TPSA) is 89.9 Å². The standard InChI is InChI=1S/C14H14O6/c1-8-6-11(4-5-13(17)18)7-12(19-9(2)15)14(8)20-10(3)16/h4-7H,1-3H3,(H,17,18). The Morgan fingerprint density at radius 3 is 2.20 bits per heavy atom. The fourth-order valence-electron chi connectivity index (χ4n) is 1.54. The molecule has 1 rings (SSSR count). The van der Waals surface area contributed by atoms with Gasteiger partial charge < -0.3 is 14.6 Å². The Hall–Kier alpha value is -2.63. The number of carboxylic acids is 1. The highest BCUT2D eigenvalue weighted by molar-refractivity contribution is 5.85. The van der Waals surface area contributed by atoms with E-state index in [-0.39, 0.29) is 11.5 Å². The molecule has 0 atom stereocenters. The van der Waals surface area contributed by atoms with Crippen LogP contribution in [0.25, 0.3) is 6.08 Å². The number of aryl methyl sites for hydroxylation is 1. The molecule has 1 N–H and O–H groups in total. The van der Waals surface area contributed by atoms with Gasteiger partial charge in [-0.2, -0.15) is 0 Å². The first-order chi connectivity index (χ1) is 9.29. The number of rotatable bonds is 4. The van der Waals surface area contributed by atoms with E-state index in [1.807, 2.05) is 0 Å². The van der Waals surface area contributed by atoms with E-state index < -0.39 is 17.9 Å². The predicted molar refractivity (Wildman–Crippen MR) is 70.5 cm³/mol. The van der Waals surface area contributed by atoms with Crippen LogP contribution < -0.4 is 9.47 Å². The third-order valence-electron chi connectivity index (χ3n) is 2.18. The molecule has 0 aliphatic carbocycles. The van der Waals surface area contributed by atoms with Crippen LogP contribution in [0.5, 0.6) is 11.5 Å². The second kappa shape index (κ2) is 6.51. The highest BCUT2D eigenvalue weighted by Gasteiger charge is 2.14. The molecule has 0 radical (unpaired) electrons. The average Bonchev–Trinajstić information content (AvgIpc) is 2.29. The number of esters is 2. The van der Waals surface area contributed by atoms with Crippen LogP contribution in [-0.2, 0) is 14.4 Å². The quantitative estimate of drug-likeness (QED) is 0.514. The summed E-state index contributed by atoms with van der Waals surface area (Å²) in [6, 6.07) is 3.04. The first kappa shape index (κ1) is 15.4. The highest BCUT2D eigenvalue weighted by Crippen LogP contribution is 2.33. The zero-order chi connectivity index (χ0) is 15.3. The van der Waals surface area contributed by atoms with E-state index in [9.17, 15) is 14.4 Å². The van der Waals surface area contributed by atoms with Gasteiger partial charge in [-0.15, -0.1) is 0 Å². The van der Waals surface area contributed by atoms with E-state index in [0.717, 1.165) is 6.08 Å². The molecular formula is C14H14O6. The van der Waals surface area contributed by atoms with Crippen LogP contribution in [0.4, 0.5) is 0 Å². The van der Waals surface area contributed by atoms with Crippen LogP contribution in [0, 0.1) is 6.92 Å². The van der Waals surface area contributed by atoms with Gasteiger partial charge in [0.05, 0.1) is 0 Å². The third-order valence-corrected chi connectivity index (χ3v) is 2.18. The number of hydrogen-bond acceptors (Lipinski definition) is 5. The Kier molecular flexibility index (Phi) is 5.02. The number of carbonyl (C=O) groups excluding carboxylic acids is 2. The molecule has 0 saturated carbocycles. The van der Waals surface area contributed by atoms with E-state index in [1.54, 1.807) is 13.0 Å². The van der Waals surface area contributed by atoms with Crippen molar-refractivity contribution in [3.05, 3.63) is 29.3 Å². The number of ether oxygens (including phenoxy) is 2. The fraction of sp³-hybridized carbons (Fsp3) is 0.214. The maximum Gasteiger partial charge on any atom is 0.328 e. The van der Waals surface area contributed by atoms with Crippen LogP contribution in [0.1, 0.15) is 25.0 Å². The van der Waals surface area contributed by atoms with Crippen molar-refractivity contribution in [3.8, 4) is 11.5 Å². The van der Waals surface area contributed by atoms with Gasteiger partial charge in [0.15, 0.2) is 11.5 Å². The van der Waals surface area contributed by atoms with Gasteiger partial charge in [-0.05, 0) is 36.3 Å². The highest BCUT2D eigenvalue weighted by atomic mass is 16.6. The minimum atomic E-state index is -1.10. The first-order valence-electron chi connectivity index (χ1n) is 5.72. The smallest absolute Gasteiger partial charge is 0.328 e. The second-order valence-corrected chi connectivity index (χ2v) is 4.02. The van der Waals surface area contributed by atoms with Crippen LogP contribution in [-0.4, -0.2) is 23.0 Å². The van der Waals surface area contributed by atoms with E-state index in [0.29, 0.717) is 11.1 Å². The van der Waals surface area contributed by atoms with Gasteiger partial charge in [0, 0.05) is 19.9 Å². The van der Waals surface area contributed by atoms with Crippen molar-refractivity contribution >= 4 is 24.0 Å². The van der Waals surface area contributed by atoms with Gasteiger partial charge in [0.2, 0.25) is 0 Å². The Morgan fingerprint density at radius 2 is 1.70 bits per heavy atom. The minimum absolute atomic E-state index is 0.0674. The van der Waals surface area contributed by atoms with E-state index in [2.05, 4.69) is 0 Å². The molecule has 0 spiro atoms. The lowest BCUT2D eigenvalue weighted by Gasteiger charge is -2.12. The summed E-state index contributed by atoms with van der Waals surface area (Å²) in [6.45, 7) is 4.10. The Balaban J connectivity index is 3.27. The number of benzene rings is 1. The Labute approximate surface area is 115 Å². The number of carboxylic acid groups (broad SMARTS) is 1. The molecule has 0 aliphatic rings. The molecule has 6 nitrogen and oxygen atoms in total. The summed E-state index contributed by atoms with van der Waals surface area (Å²) in [5.74, 6) is -2.01. The van der Waals surface area contributed by atoms with Crippen LogP contribution >= 0.6 is 0 Å². The van der Waals surface area contributed by atoms with E-state index in [4.69, 9.17) is 14.6 Å². The van der Waals surface area contributed by atoms with Crippen molar-refractivity contribution in [3.63, 3.8) is 0 Å². The summed E-state index contributed by atoms with van der Waals surface area (Å²) in [4.78, 5) is 32.6. The lowest BCUT2D eigenvalue weighted by Crippen LogP contribution is -2.08. The molecule has 0 unspecified atom stereocenters. The van der Waals surface area contributed by atoms with Crippen LogP contribution in [0.15, 0.2) is 18.2 Å². The van der Waals surface area contributed by atoms with Crippen molar-refractivity contribution in [2.45, 2.75) is 20.8 Å². The Bertz CT molecular complexity index is 586. The molecule has 0 fully saturated rings. The lowest BCUT2D eigenvalue weighted by atomic mass is 10.1. The van der Waals surface area contributed by atoms with Crippen molar-refractivity contribution in [1.82, 2.24) is 0 Å². The maximum absolute atomic E-state index is 11.1. The van der Waals surface area contributed by atoms with Gasteiger partial charge in [0.25, 0.3) is 0 Å². The molecule has 0 aliphatic heterocycles. The SMILES string of the molecule is CC(=O)Oc1cc(C=CC(=O)O)cc(C)c1OC(C)=O. The largest absolute Gasteiger partial charge is 0.478 e. The van der Waals surface area contributed by atoms with Crippen molar-refractivity contribution < 1.29 is 29.0 Å². The van der Waals surface area contributed by atoms with Gasteiger partial charge >= 0.3 is 17.9 Å². The molecule has 0 bridgehead atoms. The van der Waals surface area contributed by atoms with Gasteiger partial charge in [-0.1, -0.05) is 0 Å². The van der Waals surface area contributed by atoms with E-state index >= 15 is 0 Å². The minimum Gasteiger partial charge on any atom is -0.478 e. The molecule has 1 aromatic rings. The summed E-state index contributed by atoms with van der Waals surface area (Å²) >= 11 is 0. The fourth-order valence-corrected chi connectivity index (χ4v) is 1.54. The molecule has 0 amide bonds.